The predicted octanol–water partition coefficient (Wildman–Crippen LogP) is 5.30. The van der Waals surface area contributed by atoms with Crippen LogP contribution < -0.4 is 0 Å². The molecule has 2 atom stereocenters. The molecular formula is C28H37NO6S. The molecule has 0 fully saturated rings. The van der Waals surface area contributed by atoms with Gasteiger partial charge < -0.3 is 13.9 Å². The van der Waals surface area contributed by atoms with Gasteiger partial charge in [-0.3, -0.25) is 4.79 Å². The maximum absolute atomic E-state index is 13.8. The number of benzene rings is 2. The van der Waals surface area contributed by atoms with Crippen LogP contribution in [0.1, 0.15) is 39.7 Å². The number of hydrogen-bond donors (Lipinski definition) is 0. The Morgan fingerprint density at radius 3 is 2.36 bits per heavy atom. The second-order valence-electron chi connectivity index (χ2n) is 9.80. The van der Waals surface area contributed by atoms with Crippen LogP contribution in [0.4, 0.5) is 0 Å². The number of hydrogen-bond acceptors (Lipinski definition) is 6. The summed E-state index contributed by atoms with van der Waals surface area (Å²) in [5.74, 6) is -0.505. The molecule has 2 aromatic carbocycles. The number of esters is 1. The molecule has 1 aromatic heterocycles. The first kappa shape index (κ1) is 27.9. The lowest BCUT2D eigenvalue weighted by atomic mass is 9.90. The van der Waals surface area contributed by atoms with E-state index in [9.17, 15) is 13.2 Å². The van der Waals surface area contributed by atoms with Gasteiger partial charge in [0.05, 0.1) is 29.8 Å². The summed E-state index contributed by atoms with van der Waals surface area (Å²) < 4.78 is 45.7. The van der Waals surface area contributed by atoms with Gasteiger partial charge in [-0.05, 0) is 56.0 Å². The lowest BCUT2D eigenvalue weighted by Crippen LogP contribution is -2.44. The Bertz CT molecular complexity index is 1220. The standard InChI is InChI=1S/C28H37NO6S/c1-20(2)18-29(36(31,32)25-11-12-26-23(16-25)13-14-34-26)19-27(33-5)24(17-28(30)35-21(3)4)15-22-9-7-6-8-10-22/h6-14,16,20-21,24,27H,15,17-19H2,1-5H3/t24-,27-/m1/s1. The first-order valence-corrected chi connectivity index (χ1v) is 13.8. The van der Waals surface area contributed by atoms with Crippen molar-refractivity contribution in [3.63, 3.8) is 0 Å². The number of carbonyl (C=O) groups is 1. The van der Waals surface area contributed by atoms with E-state index in [-0.39, 0.29) is 41.8 Å². The van der Waals surface area contributed by atoms with Gasteiger partial charge in [-0.1, -0.05) is 44.2 Å². The minimum atomic E-state index is -3.83. The van der Waals surface area contributed by atoms with Gasteiger partial charge in [0, 0.05) is 31.5 Å². The van der Waals surface area contributed by atoms with Gasteiger partial charge in [-0.25, -0.2) is 8.42 Å². The summed E-state index contributed by atoms with van der Waals surface area (Å²) in [4.78, 5) is 12.8. The van der Waals surface area contributed by atoms with Crippen molar-refractivity contribution in [1.29, 1.82) is 0 Å². The number of furan rings is 1. The van der Waals surface area contributed by atoms with Crippen LogP contribution in [0.3, 0.4) is 0 Å². The fourth-order valence-corrected chi connectivity index (χ4v) is 5.98. The Morgan fingerprint density at radius 2 is 1.72 bits per heavy atom. The first-order chi connectivity index (χ1) is 17.1. The number of fused-ring (bicyclic) bond motifs is 1. The van der Waals surface area contributed by atoms with Gasteiger partial charge in [0.15, 0.2) is 0 Å². The van der Waals surface area contributed by atoms with Gasteiger partial charge in [-0.15, -0.1) is 0 Å². The van der Waals surface area contributed by atoms with Gasteiger partial charge in [-0.2, -0.15) is 4.31 Å². The number of rotatable bonds is 13. The second kappa shape index (κ2) is 12.5. The molecule has 36 heavy (non-hydrogen) atoms. The molecule has 3 aromatic rings. The van der Waals surface area contributed by atoms with Crippen molar-refractivity contribution in [2.45, 2.75) is 57.6 Å². The number of methoxy groups -OCH3 is 1. The predicted molar refractivity (Wildman–Crippen MR) is 140 cm³/mol. The average Bonchev–Trinajstić information content (AvgIpc) is 3.29. The average molecular weight is 516 g/mol. The molecule has 0 N–H and O–H groups in total. The van der Waals surface area contributed by atoms with E-state index in [4.69, 9.17) is 13.9 Å². The topological polar surface area (TPSA) is 86.0 Å². The van der Waals surface area contributed by atoms with E-state index in [2.05, 4.69) is 0 Å². The number of ether oxygens (including phenoxy) is 2. The van der Waals surface area contributed by atoms with E-state index in [1.807, 2.05) is 58.0 Å². The Balaban J connectivity index is 1.91. The molecule has 0 saturated carbocycles. The van der Waals surface area contributed by atoms with Crippen LogP contribution >= 0.6 is 0 Å². The van der Waals surface area contributed by atoms with Crippen LogP contribution in [0.5, 0.6) is 0 Å². The van der Waals surface area contributed by atoms with E-state index < -0.39 is 16.1 Å². The van der Waals surface area contributed by atoms with Crippen LogP contribution in [0.15, 0.2) is 70.2 Å². The smallest absolute Gasteiger partial charge is 0.306 e. The third kappa shape index (κ3) is 7.41. The molecule has 0 aliphatic heterocycles. The molecule has 0 spiro atoms. The molecule has 0 radical (unpaired) electrons. The molecule has 7 nitrogen and oxygen atoms in total. The summed E-state index contributed by atoms with van der Waals surface area (Å²) in [6.45, 7) is 8.01. The SMILES string of the molecule is CO[C@H](CN(CC(C)C)S(=O)(=O)c1ccc2occc2c1)[C@@H](CC(=O)OC(C)C)Cc1ccccc1. The second-order valence-corrected chi connectivity index (χ2v) is 11.7. The van der Waals surface area contributed by atoms with E-state index in [1.54, 1.807) is 37.6 Å². The van der Waals surface area contributed by atoms with Crippen LogP contribution in [0, 0.1) is 11.8 Å². The highest BCUT2D eigenvalue weighted by Gasteiger charge is 2.33. The first-order valence-electron chi connectivity index (χ1n) is 12.3. The Kier molecular flexibility index (Phi) is 9.70. The Morgan fingerprint density at radius 1 is 1.00 bits per heavy atom. The van der Waals surface area contributed by atoms with Crippen molar-refractivity contribution in [3.05, 3.63) is 66.4 Å². The molecule has 196 valence electrons. The fraction of sp³-hybridized carbons (Fsp3) is 0.464. The zero-order valence-electron chi connectivity index (χ0n) is 21.7. The summed E-state index contributed by atoms with van der Waals surface area (Å²) in [6.07, 6.45) is 1.48. The minimum absolute atomic E-state index is 0.0911. The van der Waals surface area contributed by atoms with Crippen molar-refractivity contribution in [2.24, 2.45) is 11.8 Å². The molecule has 3 rings (SSSR count). The van der Waals surface area contributed by atoms with Crippen LogP contribution in [-0.2, 0) is 30.7 Å². The van der Waals surface area contributed by atoms with E-state index in [0.29, 0.717) is 18.5 Å². The van der Waals surface area contributed by atoms with E-state index in [0.717, 1.165) is 10.9 Å². The zero-order valence-corrected chi connectivity index (χ0v) is 22.5. The van der Waals surface area contributed by atoms with Gasteiger partial charge in [0.1, 0.15) is 5.58 Å². The molecule has 8 heteroatoms. The summed E-state index contributed by atoms with van der Waals surface area (Å²) in [6, 6.07) is 16.4. The Hall–Kier alpha value is -2.68. The summed E-state index contributed by atoms with van der Waals surface area (Å²) >= 11 is 0. The van der Waals surface area contributed by atoms with Gasteiger partial charge in [0.2, 0.25) is 10.0 Å². The molecule has 0 aliphatic carbocycles. The molecule has 1 heterocycles. The van der Waals surface area contributed by atoms with Gasteiger partial charge >= 0.3 is 5.97 Å². The molecular weight excluding hydrogens is 478 g/mol. The third-order valence-electron chi connectivity index (χ3n) is 5.98. The van der Waals surface area contributed by atoms with Crippen molar-refractivity contribution in [1.82, 2.24) is 4.31 Å². The van der Waals surface area contributed by atoms with E-state index >= 15 is 0 Å². The summed E-state index contributed by atoms with van der Waals surface area (Å²) in [5, 5.41) is 0.724. The number of nitrogens with zero attached hydrogens (tertiary/aromatic N) is 1. The molecule has 0 aliphatic rings. The van der Waals surface area contributed by atoms with Crippen LogP contribution in [0.2, 0.25) is 0 Å². The summed E-state index contributed by atoms with van der Waals surface area (Å²) in [5.41, 5.74) is 1.68. The normalized spacial score (nSPS) is 14.0. The molecule has 0 amide bonds. The van der Waals surface area contributed by atoms with Crippen molar-refractivity contribution in [2.75, 3.05) is 20.2 Å². The quantitative estimate of drug-likeness (QED) is 0.287. The van der Waals surface area contributed by atoms with Crippen molar-refractivity contribution < 1.29 is 27.1 Å². The zero-order chi connectivity index (χ0) is 26.3. The van der Waals surface area contributed by atoms with Gasteiger partial charge in [0.25, 0.3) is 0 Å². The number of sulfonamides is 1. The van der Waals surface area contributed by atoms with Crippen molar-refractivity contribution in [3.8, 4) is 0 Å². The van der Waals surface area contributed by atoms with Crippen LogP contribution in [-0.4, -0.2) is 51.1 Å². The highest BCUT2D eigenvalue weighted by molar-refractivity contribution is 7.89. The van der Waals surface area contributed by atoms with E-state index in [1.165, 1.54) is 4.31 Å². The summed E-state index contributed by atoms with van der Waals surface area (Å²) in [7, 11) is -2.27. The molecule has 0 saturated heterocycles. The fourth-order valence-electron chi connectivity index (χ4n) is 4.33. The monoisotopic (exact) mass is 515 g/mol. The third-order valence-corrected chi connectivity index (χ3v) is 7.81. The highest BCUT2D eigenvalue weighted by Crippen LogP contribution is 2.26. The maximum atomic E-state index is 13.8. The minimum Gasteiger partial charge on any atom is -0.464 e. The Labute approximate surface area is 214 Å². The number of carbonyl (C=O) groups excluding carboxylic acids is 1. The van der Waals surface area contributed by atoms with Crippen LogP contribution in [0.25, 0.3) is 11.0 Å². The molecule has 0 bridgehead atoms. The lowest BCUT2D eigenvalue weighted by molar-refractivity contribution is -0.149. The maximum Gasteiger partial charge on any atom is 0.306 e. The highest BCUT2D eigenvalue weighted by atomic mass is 32.2. The largest absolute Gasteiger partial charge is 0.464 e. The lowest BCUT2D eigenvalue weighted by Gasteiger charge is -2.32. The molecule has 0 unspecified atom stereocenters. The van der Waals surface area contributed by atoms with Crippen molar-refractivity contribution >= 4 is 27.0 Å².